The van der Waals surface area contributed by atoms with Crippen LogP contribution in [0.1, 0.15) is 0 Å². The molecule has 0 spiro atoms. The lowest BCUT2D eigenvalue weighted by Crippen LogP contribution is -2.32. The fraction of sp³-hybridized carbons (Fsp3) is 0.111. The second kappa shape index (κ2) is 7.77. The molecule has 0 unspecified atom stereocenters. The van der Waals surface area contributed by atoms with Crippen molar-refractivity contribution >= 4 is 10.0 Å². The van der Waals surface area contributed by atoms with Gasteiger partial charge >= 0.3 is 0 Å². The maximum Gasteiger partial charge on any atom is 0.266 e. The maximum absolute atomic E-state index is 13.7. The highest BCUT2D eigenvalue weighted by atomic mass is 32.2. The summed E-state index contributed by atoms with van der Waals surface area (Å²) >= 11 is 0. The van der Waals surface area contributed by atoms with Crippen molar-refractivity contribution in [3.05, 3.63) is 82.7 Å². The summed E-state index contributed by atoms with van der Waals surface area (Å²) in [6, 6.07) is 13.4. The van der Waals surface area contributed by atoms with E-state index in [2.05, 4.69) is 9.82 Å². The van der Waals surface area contributed by atoms with Gasteiger partial charge in [0.1, 0.15) is 16.5 Å². The van der Waals surface area contributed by atoms with Crippen LogP contribution in [0.25, 0.3) is 11.3 Å². The van der Waals surface area contributed by atoms with E-state index in [9.17, 15) is 22.0 Å². The number of aromatic nitrogens is 2. The minimum Gasteiger partial charge on any atom is -0.268 e. The van der Waals surface area contributed by atoms with Gasteiger partial charge in [-0.25, -0.2) is 26.6 Å². The zero-order valence-electron chi connectivity index (χ0n) is 14.0. The first-order valence-corrected chi connectivity index (χ1v) is 9.43. The first kappa shape index (κ1) is 18.9. The van der Waals surface area contributed by atoms with Crippen molar-refractivity contribution < 1.29 is 17.2 Å². The van der Waals surface area contributed by atoms with E-state index in [1.165, 1.54) is 48.5 Å². The normalized spacial score (nSPS) is 11.5. The second-order valence-electron chi connectivity index (χ2n) is 5.62. The maximum atomic E-state index is 13.7. The largest absolute Gasteiger partial charge is 0.268 e. The lowest BCUT2D eigenvalue weighted by Gasteiger charge is -2.09. The van der Waals surface area contributed by atoms with Gasteiger partial charge in [0.2, 0.25) is 10.0 Å². The Balaban J connectivity index is 1.75. The van der Waals surface area contributed by atoms with Gasteiger partial charge in [-0.15, -0.1) is 0 Å². The number of benzene rings is 2. The van der Waals surface area contributed by atoms with Crippen LogP contribution in [0, 0.1) is 11.6 Å². The molecule has 3 aromatic rings. The molecular formula is C18H15F2N3O3S. The molecule has 2 aromatic carbocycles. The Morgan fingerprint density at radius 3 is 2.37 bits per heavy atom. The minimum absolute atomic E-state index is 0.0540. The molecule has 3 rings (SSSR count). The van der Waals surface area contributed by atoms with E-state index in [1.807, 2.05) is 0 Å². The summed E-state index contributed by atoms with van der Waals surface area (Å²) in [4.78, 5) is 11.5. The Labute approximate surface area is 154 Å². The fourth-order valence-corrected chi connectivity index (χ4v) is 3.51. The average Bonchev–Trinajstić information content (AvgIpc) is 2.64. The lowest BCUT2D eigenvalue weighted by molar-refractivity contribution is 0.538. The molecule has 140 valence electrons. The van der Waals surface area contributed by atoms with Gasteiger partial charge < -0.3 is 0 Å². The van der Waals surface area contributed by atoms with Crippen LogP contribution in [0.15, 0.2) is 70.4 Å². The van der Waals surface area contributed by atoms with E-state index in [-0.39, 0.29) is 13.1 Å². The first-order valence-electron chi connectivity index (χ1n) is 7.95. The number of nitrogens with zero attached hydrogens (tertiary/aromatic N) is 2. The van der Waals surface area contributed by atoms with Crippen molar-refractivity contribution in [1.29, 1.82) is 0 Å². The van der Waals surface area contributed by atoms with Crippen LogP contribution in [0.4, 0.5) is 8.78 Å². The highest BCUT2D eigenvalue weighted by molar-refractivity contribution is 7.89. The summed E-state index contributed by atoms with van der Waals surface area (Å²) in [6.45, 7) is -0.210. The quantitative estimate of drug-likeness (QED) is 0.698. The lowest BCUT2D eigenvalue weighted by atomic mass is 10.1. The third-order valence-electron chi connectivity index (χ3n) is 3.75. The predicted octanol–water partition coefficient (Wildman–Crippen LogP) is 2.17. The first-order chi connectivity index (χ1) is 12.9. The molecule has 0 aliphatic heterocycles. The molecule has 1 heterocycles. The van der Waals surface area contributed by atoms with Crippen LogP contribution >= 0.6 is 0 Å². The summed E-state index contributed by atoms with van der Waals surface area (Å²) in [7, 11) is -4.05. The van der Waals surface area contributed by atoms with Gasteiger partial charge in [0.15, 0.2) is 0 Å². The van der Waals surface area contributed by atoms with Gasteiger partial charge in [0.25, 0.3) is 5.56 Å². The Hall–Kier alpha value is -2.91. The van der Waals surface area contributed by atoms with E-state index in [4.69, 9.17) is 0 Å². The molecule has 1 N–H and O–H groups in total. The van der Waals surface area contributed by atoms with Crippen molar-refractivity contribution in [3.63, 3.8) is 0 Å². The number of hydrogen-bond donors (Lipinski definition) is 1. The van der Waals surface area contributed by atoms with Gasteiger partial charge in [0, 0.05) is 18.2 Å². The molecule has 1 aromatic heterocycles. The van der Waals surface area contributed by atoms with E-state index < -0.39 is 32.1 Å². The van der Waals surface area contributed by atoms with Gasteiger partial charge in [-0.1, -0.05) is 12.1 Å². The fourth-order valence-electron chi connectivity index (χ4n) is 2.41. The zero-order chi connectivity index (χ0) is 19.4. The molecule has 0 saturated heterocycles. The van der Waals surface area contributed by atoms with E-state index in [1.54, 1.807) is 0 Å². The van der Waals surface area contributed by atoms with Crippen molar-refractivity contribution in [2.75, 3.05) is 6.54 Å². The van der Waals surface area contributed by atoms with Crippen LogP contribution in [0.5, 0.6) is 0 Å². The van der Waals surface area contributed by atoms with Crippen molar-refractivity contribution in [2.45, 2.75) is 11.4 Å². The third kappa shape index (κ3) is 4.44. The predicted molar refractivity (Wildman–Crippen MR) is 95.5 cm³/mol. The van der Waals surface area contributed by atoms with Crippen molar-refractivity contribution in [1.82, 2.24) is 14.5 Å². The van der Waals surface area contributed by atoms with Crippen molar-refractivity contribution in [3.8, 4) is 11.3 Å². The number of sulfonamides is 1. The molecule has 0 atom stereocenters. The second-order valence-corrected chi connectivity index (χ2v) is 7.35. The molecule has 27 heavy (non-hydrogen) atoms. The van der Waals surface area contributed by atoms with Crippen LogP contribution in [-0.2, 0) is 16.6 Å². The minimum atomic E-state index is -4.05. The summed E-state index contributed by atoms with van der Waals surface area (Å²) < 4.78 is 54.3. The number of halogens is 2. The van der Waals surface area contributed by atoms with E-state index in [0.717, 1.165) is 16.8 Å². The summed E-state index contributed by atoms with van der Waals surface area (Å²) in [5.41, 5.74) is 0.620. The van der Waals surface area contributed by atoms with Crippen LogP contribution in [-0.4, -0.2) is 24.7 Å². The molecule has 0 saturated carbocycles. The smallest absolute Gasteiger partial charge is 0.266 e. The molecule has 0 aliphatic rings. The van der Waals surface area contributed by atoms with E-state index in [0.29, 0.717) is 11.3 Å². The van der Waals surface area contributed by atoms with Gasteiger partial charge in [-0.3, -0.25) is 4.79 Å². The molecule has 9 heteroatoms. The summed E-state index contributed by atoms with van der Waals surface area (Å²) in [6.07, 6.45) is 0. The Bertz CT molecular complexity index is 1110. The molecule has 0 amide bonds. The molecular weight excluding hydrogens is 376 g/mol. The molecule has 6 nitrogen and oxygen atoms in total. The highest BCUT2D eigenvalue weighted by Crippen LogP contribution is 2.16. The van der Waals surface area contributed by atoms with E-state index >= 15 is 0 Å². The highest BCUT2D eigenvalue weighted by Gasteiger charge is 2.17. The third-order valence-corrected chi connectivity index (χ3v) is 5.24. The van der Waals surface area contributed by atoms with Crippen LogP contribution in [0.2, 0.25) is 0 Å². The SMILES string of the molecule is O=c1ccc(-c2ccc(F)cc2)nn1CCNS(=O)(=O)c1ccccc1F. The Morgan fingerprint density at radius 1 is 0.963 bits per heavy atom. The van der Waals surface area contributed by atoms with Crippen LogP contribution < -0.4 is 10.3 Å². The average molecular weight is 391 g/mol. The molecule has 0 aliphatic carbocycles. The monoisotopic (exact) mass is 391 g/mol. The topological polar surface area (TPSA) is 81.1 Å². The Kier molecular flexibility index (Phi) is 5.43. The number of nitrogens with one attached hydrogen (secondary N) is 1. The summed E-state index contributed by atoms with van der Waals surface area (Å²) in [5.74, 6) is -1.26. The molecule has 0 bridgehead atoms. The summed E-state index contributed by atoms with van der Waals surface area (Å²) in [5, 5.41) is 4.15. The molecule has 0 fully saturated rings. The Morgan fingerprint density at radius 2 is 1.67 bits per heavy atom. The van der Waals surface area contributed by atoms with Gasteiger partial charge in [-0.05, 0) is 42.5 Å². The van der Waals surface area contributed by atoms with Gasteiger partial charge in [-0.2, -0.15) is 5.10 Å². The van der Waals surface area contributed by atoms with Crippen LogP contribution in [0.3, 0.4) is 0 Å². The van der Waals surface area contributed by atoms with Crippen molar-refractivity contribution in [2.24, 2.45) is 0 Å². The molecule has 0 radical (unpaired) electrons. The van der Waals surface area contributed by atoms with Gasteiger partial charge in [0.05, 0.1) is 12.2 Å². The number of rotatable bonds is 6. The zero-order valence-corrected chi connectivity index (χ0v) is 14.8. The standard InChI is InChI=1S/C18H15F2N3O3S/c19-14-7-5-13(6-8-14)16-9-10-18(24)23(22-16)12-11-21-27(25,26)17-4-2-1-3-15(17)20/h1-10,21H,11-12H2. The number of hydrogen-bond acceptors (Lipinski definition) is 4.